The average Bonchev–Trinajstić information content (AvgIpc) is 3.04. The zero-order chi connectivity index (χ0) is 10.4. The lowest BCUT2D eigenvalue weighted by molar-refractivity contribution is 0.688. The van der Waals surface area contributed by atoms with Gasteiger partial charge in [-0.3, -0.25) is 4.68 Å². The lowest BCUT2D eigenvalue weighted by atomic mass is 10.2. The van der Waals surface area contributed by atoms with Crippen molar-refractivity contribution in [2.75, 3.05) is 23.3 Å². The number of rotatable bonds is 2. The van der Waals surface area contributed by atoms with Crippen LogP contribution in [0.3, 0.4) is 0 Å². The number of nitrogens with zero attached hydrogens (tertiary/aromatic N) is 3. The third-order valence-electron chi connectivity index (χ3n) is 3.34. The molecule has 1 fully saturated rings. The van der Waals surface area contributed by atoms with Gasteiger partial charge in [-0.05, 0) is 19.3 Å². The standard InChI is InChI=1S/C11H18N4/c1-3-9-10-11(14(2)13-9)15(7-6-12-10)8-4-5-8/h8,12H,3-7H2,1-2H3. The van der Waals surface area contributed by atoms with Crippen molar-refractivity contribution in [2.24, 2.45) is 7.05 Å². The van der Waals surface area contributed by atoms with E-state index in [-0.39, 0.29) is 0 Å². The fourth-order valence-corrected chi connectivity index (χ4v) is 2.48. The van der Waals surface area contributed by atoms with Gasteiger partial charge in [0.05, 0.1) is 5.69 Å². The van der Waals surface area contributed by atoms with Gasteiger partial charge in [0.15, 0.2) is 5.82 Å². The van der Waals surface area contributed by atoms with Gasteiger partial charge in [0, 0.05) is 26.2 Å². The molecule has 0 aromatic carbocycles. The lowest BCUT2D eigenvalue weighted by Gasteiger charge is -2.30. The van der Waals surface area contributed by atoms with E-state index >= 15 is 0 Å². The Bertz CT molecular complexity index is 378. The van der Waals surface area contributed by atoms with E-state index in [1.54, 1.807) is 0 Å². The number of aromatic nitrogens is 2. The Morgan fingerprint density at radius 2 is 2.27 bits per heavy atom. The number of hydrogen-bond acceptors (Lipinski definition) is 3. The first kappa shape index (κ1) is 9.07. The van der Waals surface area contributed by atoms with Crippen molar-refractivity contribution < 1.29 is 0 Å². The van der Waals surface area contributed by atoms with Crippen molar-refractivity contribution in [1.29, 1.82) is 0 Å². The molecule has 0 spiro atoms. The van der Waals surface area contributed by atoms with Crippen LogP contribution in [0.15, 0.2) is 0 Å². The highest BCUT2D eigenvalue weighted by atomic mass is 15.4. The number of anilines is 2. The van der Waals surface area contributed by atoms with Gasteiger partial charge in [0.2, 0.25) is 0 Å². The third-order valence-corrected chi connectivity index (χ3v) is 3.34. The largest absolute Gasteiger partial charge is 0.379 e. The Kier molecular flexibility index (Phi) is 1.90. The molecule has 0 radical (unpaired) electrons. The quantitative estimate of drug-likeness (QED) is 0.793. The molecule has 1 N–H and O–H groups in total. The van der Waals surface area contributed by atoms with E-state index < -0.39 is 0 Å². The fourth-order valence-electron chi connectivity index (χ4n) is 2.48. The maximum Gasteiger partial charge on any atom is 0.150 e. The molecule has 1 aromatic heterocycles. The van der Waals surface area contributed by atoms with Gasteiger partial charge in [-0.15, -0.1) is 0 Å². The maximum absolute atomic E-state index is 4.58. The summed E-state index contributed by atoms with van der Waals surface area (Å²) in [6.07, 6.45) is 3.72. The van der Waals surface area contributed by atoms with E-state index in [1.165, 1.54) is 30.0 Å². The molecule has 15 heavy (non-hydrogen) atoms. The zero-order valence-electron chi connectivity index (χ0n) is 9.45. The molecule has 0 unspecified atom stereocenters. The predicted octanol–water partition coefficient (Wildman–Crippen LogP) is 1.38. The van der Waals surface area contributed by atoms with Crippen LogP contribution >= 0.6 is 0 Å². The van der Waals surface area contributed by atoms with E-state index in [9.17, 15) is 0 Å². The number of aryl methyl sites for hydroxylation is 2. The summed E-state index contributed by atoms with van der Waals surface area (Å²) >= 11 is 0. The molecule has 4 heteroatoms. The Labute approximate surface area is 90.3 Å². The van der Waals surface area contributed by atoms with Crippen molar-refractivity contribution in [1.82, 2.24) is 9.78 Å². The average molecular weight is 206 g/mol. The van der Waals surface area contributed by atoms with Crippen molar-refractivity contribution in [3.8, 4) is 0 Å². The molecule has 2 heterocycles. The highest BCUT2D eigenvalue weighted by Gasteiger charge is 2.35. The van der Waals surface area contributed by atoms with Gasteiger partial charge in [-0.2, -0.15) is 5.10 Å². The summed E-state index contributed by atoms with van der Waals surface area (Å²) in [5.74, 6) is 1.31. The highest BCUT2D eigenvalue weighted by Crippen LogP contribution is 2.39. The molecule has 2 aliphatic rings. The van der Waals surface area contributed by atoms with E-state index in [0.29, 0.717) is 0 Å². The summed E-state index contributed by atoms with van der Waals surface area (Å²) in [4.78, 5) is 2.53. The second-order valence-electron chi connectivity index (χ2n) is 4.47. The minimum absolute atomic E-state index is 0.783. The highest BCUT2D eigenvalue weighted by molar-refractivity contribution is 5.72. The van der Waals surface area contributed by atoms with Gasteiger partial charge in [0.25, 0.3) is 0 Å². The molecule has 3 rings (SSSR count). The number of hydrogen-bond donors (Lipinski definition) is 1. The summed E-state index contributed by atoms with van der Waals surface area (Å²) in [6.45, 7) is 4.35. The van der Waals surface area contributed by atoms with E-state index in [4.69, 9.17) is 0 Å². The van der Waals surface area contributed by atoms with Crippen LogP contribution in [0.25, 0.3) is 0 Å². The van der Waals surface area contributed by atoms with Crippen LogP contribution in [0.4, 0.5) is 11.5 Å². The SMILES string of the molecule is CCc1nn(C)c2c1NCCN2C1CC1. The smallest absolute Gasteiger partial charge is 0.150 e. The summed E-state index contributed by atoms with van der Waals surface area (Å²) in [5, 5.41) is 8.07. The predicted molar refractivity (Wildman–Crippen MR) is 61.4 cm³/mol. The minimum Gasteiger partial charge on any atom is -0.379 e. The van der Waals surface area contributed by atoms with E-state index in [1.807, 2.05) is 4.68 Å². The summed E-state index contributed by atoms with van der Waals surface area (Å²) < 4.78 is 2.04. The molecule has 0 saturated heterocycles. The molecular weight excluding hydrogens is 188 g/mol. The molecule has 1 saturated carbocycles. The minimum atomic E-state index is 0.783. The van der Waals surface area contributed by atoms with Crippen molar-refractivity contribution in [3.05, 3.63) is 5.69 Å². The summed E-state index contributed by atoms with van der Waals surface area (Å²) in [6, 6.07) is 0.783. The van der Waals surface area contributed by atoms with Crippen LogP contribution in [0.1, 0.15) is 25.5 Å². The van der Waals surface area contributed by atoms with Crippen molar-refractivity contribution in [3.63, 3.8) is 0 Å². The van der Waals surface area contributed by atoms with Crippen LogP contribution in [-0.4, -0.2) is 28.9 Å². The Morgan fingerprint density at radius 1 is 1.47 bits per heavy atom. The summed E-state index contributed by atoms with van der Waals surface area (Å²) in [5.41, 5.74) is 2.48. The third kappa shape index (κ3) is 1.31. The normalized spacial score (nSPS) is 20.0. The first-order chi connectivity index (χ1) is 7.31. The van der Waals surface area contributed by atoms with Crippen molar-refractivity contribution in [2.45, 2.75) is 32.2 Å². The van der Waals surface area contributed by atoms with Crippen molar-refractivity contribution >= 4 is 11.5 Å². The zero-order valence-corrected chi connectivity index (χ0v) is 9.45. The molecular formula is C11H18N4. The van der Waals surface area contributed by atoms with Gasteiger partial charge in [-0.25, -0.2) is 0 Å². The van der Waals surface area contributed by atoms with E-state index in [0.717, 1.165) is 25.6 Å². The molecule has 82 valence electrons. The first-order valence-electron chi connectivity index (χ1n) is 5.87. The van der Waals surface area contributed by atoms with Gasteiger partial charge < -0.3 is 10.2 Å². The monoisotopic (exact) mass is 206 g/mol. The van der Waals surface area contributed by atoms with Gasteiger partial charge in [0.1, 0.15) is 5.69 Å². The molecule has 1 aromatic rings. The molecule has 4 nitrogen and oxygen atoms in total. The van der Waals surface area contributed by atoms with Gasteiger partial charge in [-0.1, -0.05) is 6.92 Å². The molecule has 0 amide bonds. The van der Waals surface area contributed by atoms with Crippen LogP contribution in [0, 0.1) is 0 Å². The topological polar surface area (TPSA) is 33.1 Å². The maximum atomic E-state index is 4.58. The van der Waals surface area contributed by atoms with Crippen LogP contribution in [0.5, 0.6) is 0 Å². The Morgan fingerprint density at radius 3 is 2.93 bits per heavy atom. The second kappa shape index (κ2) is 3.15. The van der Waals surface area contributed by atoms with E-state index in [2.05, 4.69) is 29.3 Å². The lowest BCUT2D eigenvalue weighted by Crippen LogP contribution is -2.36. The number of fused-ring (bicyclic) bond motifs is 1. The van der Waals surface area contributed by atoms with Crippen LogP contribution < -0.4 is 10.2 Å². The van der Waals surface area contributed by atoms with Crippen LogP contribution in [-0.2, 0) is 13.5 Å². The summed E-state index contributed by atoms with van der Waals surface area (Å²) in [7, 11) is 2.06. The fraction of sp³-hybridized carbons (Fsp3) is 0.727. The van der Waals surface area contributed by atoms with Gasteiger partial charge >= 0.3 is 0 Å². The Balaban J connectivity index is 2.05. The molecule has 0 atom stereocenters. The first-order valence-corrected chi connectivity index (χ1v) is 5.87. The molecule has 0 bridgehead atoms. The second-order valence-corrected chi connectivity index (χ2v) is 4.47. The van der Waals surface area contributed by atoms with Crippen LogP contribution in [0.2, 0.25) is 0 Å². The number of nitrogens with one attached hydrogen (secondary N) is 1. The molecule has 1 aliphatic heterocycles. The molecule has 1 aliphatic carbocycles. The Hall–Kier alpha value is -1.19.